The Kier molecular flexibility index (Phi) is 10.8. The van der Waals surface area contributed by atoms with Crippen molar-refractivity contribution in [2.45, 2.75) is 64.9 Å². The predicted octanol–water partition coefficient (Wildman–Crippen LogP) is 8.46. The van der Waals surface area contributed by atoms with Crippen LogP contribution in [0.25, 0.3) is 28.3 Å². The molecule has 0 aliphatic carbocycles. The van der Waals surface area contributed by atoms with Crippen molar-refractivity contribution in [3.63, 3.8) is 0 Å². The van der Waals surface area contributed by atoms with Crippen LogP contribution in [0.3, 0.4) is 0 Å². The Morgan fingerprint density at radius 2 is 1.71 bits per heavy atom. The minimum Gasteiger partial charge on any atom is -0.379 e. The van der Waals surface area contributed by atoms with Crippen molar-refractivity contribution in [3.05, 3.63) is 90.8 Å². The quantitative estimate of drug-likeness (QED) is 0.174. The summed E-state index contributed by atoms with van der Waals surface area (Å²) >= 11 is 0. The van der Waals surface area contributed by atoms with Crippen LogP contribution in [-0.2, 0) is 11.2 Å². The molecule has 2 aromatic carbocycles. The summed E-state index contributed by atoms with van der Waals surface area (Å²) in [6.45, 7) is 8.94. The van der Waals surface area contributed by atoms with Crippen LogP contribution < -0.4 is 0 Å². The molecule has 1 unspecified atom stereocenters. The minimum atomic E-state index is -0.217. The van der Waals surface area contributed by atoms with Gasteiger partial charge in [-0.05, 0) is 67.9 Å². The van der Waals surface area contributed by atoms with Crippen LogP contribution >= 0.6 is 0 Å². The van der Waals surface area contributed by atoms with Crippen LogP contribution in [0.2, 0.25) is 0 Å². The van der Waals surface area contributed by atoms with Gasteiger partial charge in [0.15, 0.2) is 5.82 Å². The topological polar surface area (TPSA) is 35.0 Å². The molecule has 0 aliphatic rings. The summed E-state index contributed by atoms with van der Waals surface area (Å²) in [5.41, 5.74) is 4.30. The number of hydrogen-bond donors (Lipinski definition) is 0. The molecule has 3 aromatic rings. The lowest BCUT2D eigenvalue weighted by Crippen LogP contribution is -2.08. The molecule has 1 atom stereocenters. The second kappa shape index (κ2) is 14.3. The Bertz CT molecular complexity index is 1070. The van der Waals surface area contributed by atoms with Gasteiger partial charge in [-0.15, -0.1) is 6.58 Å². The van der Waals surface area contributed by atoms with Crippen molar-refractivity contribution < 1.29 is 9.13 Å². The molecule has 0 aliphatic heterocycles. The third-order valence-corrected chi connectivity index (χ3v) is 6.01. The monoisotopic (exact) mass is 472 g/mol. The first-order valence-electron chi connectivity index (χ1n) is 12.7. The standard InChI is InChI=1S/C31H37FN2O/c1-4-6-10-20-35-24(3)12-8-7-9-13-31-33-22-28(23-34-31)26-15-17-27(18-16-26)29-19-14-25(11-5-2)21-30(29)32/h5,9,13-19,21-24H,2,4,6-8,10-12,20H2,1,3H3/b13-9+. The Morgan fingerprint density at radius 3 is 2.40 bits per heavy atom. The van der Waals surface area contributed by atoms with E-state index in [1.54, 1.807) is 12.1 Å². The number of nitrogens with zero attached hydrogens (tertiary/aromatic N) is 2. The molecule has 0 saturated heterocycles. The molecule has 0 saturated carbocycles. The first-order chi connectivity index (χ1) is 17.1. The Labute approximate surface area is 209 Å². The lowest BCUT2D eigenvalue weighted by atomic mass is 9.99. The summed E-state index contributed by atoms with van der Waals surface area (Å²) < 4.78 is 20.4. The maximum atomic E-state index is 14.5. The molecule has 4 heteroatoms. The van der Waals surface area contributed by atoms with Gasteiger partial charge in [0.1, 0.15) is 5.82 Å². The van der Waals surface area contributed by atoms with Gasteiger partial charge in [0.05, 0.1) is 6.10 Å². The fourth-order valence-corrected chi connectivity index (χ4v) is 3.93. The minimum absolute atomic E-state index is 0.217. The summed E-state index contributed by atoms with van der Waals surface area (Å²) in [6.07, 6.45) is 17.3. The number of allylic oxidation sites excluding steroid dienone is 2. The molecule has 0 N–H and O–H groups in total. The van der Waals surface area contributed by atoms with Crippen LogP contribution in [0.5, 0.6) is 0 Å². The molecule has 1 aromatic heterocycles. The molecular weight excluding hydrogens is 435 g/mol. The van der Waals surface area contributed by atoms with Gasteiger partial charge in [-0.1, -0.05) is 68.3 Å². The van der Waals surface area contributed by atoms with Crippen LogP contribution in [0.4, 0.5) is 4.39 Å². The fraction of sp³-hybridized carbons (Fsp3) is 0.355. The maximum Gasteiger partial charge on any atom is 0.151 e. The molecule has 3 nitrogen and oxygen atoms in total. The summed E-state index contributed by atoms with van der Waals surface area (Å²) in [6, 6.07) is 13.2. The molecule has 0 amide bonds. The van der Waals surface area contributed by atoms with Crippen molar-refractivity contribution in [2.75, 3.05) is 6.61 Å². The van der Waals surface area contributed by atoms with Gasteiger partial charge in [0, 0.05) is 30.1 Å². The average Bonchev–Trinajstić information content (AvgIpc) is 2.87. The second-order valence-electron chi connectivity index (χ2n) is 8.94. The Hall–Kier alpha value is -3.11. The van der Waals surface area contributed by atoms with E-state index in [1.165, 1.54) is 12.8 Å². The number of unbranched alkanes of at least 4 members (excludes halogenated alkanes) is 3. The number of hydrogen-bond acceptors (Lipinski definition) is 3. The molecule has 0 bridgehead atoms. The number of benzene rings is 2. The van der Waals surface area contributed by atoms with Crippen molar-refractivity contribution in [3.8, 4) is 22.3 Å². The fourth-order valence-electron chi connectivity index (χ4n) is 3.93. The van der Waals surface area contributed by atoms with E-state index in [9.17, 15) is 4.39 Å². The molecule has 0 spiro atoms. The van der Waals surface area contributed by atoms with E-state index in [0.29, 0.717) is 23.9 Å². The maximum absolute atomic E-state index is 14.5. The summed E-state index contributed by atoms with van der Waals surface area (Å²) in [5, 5.41) is 0. The van der Waals surface area contributed by atoms with E-state index in [-0.39, 0.29) is 5.82 Å². The van der Waals surface area contributed by atoms with Gasteiger partial charge in [-0.3, -0.25) is 0 Å². The molecule has 184 valence electrons. The third-order valence-electron chi connectivity index (χ3n) is 6.01. The zero-order valence-corrected chi connectivity index (χ0v) is 21.1. The van der Waals surface area contributed by atoms with Gasteiger partial charge >= 0.3 is 0 Å². The van der Waals surface area contributed by atoms with Crippen LogP contribution in [-0.4, -0.2) is 22.7 Å². The second-order valence-corrected chi connectivity index (χ2v) is 8.94. The SMILES string of the molecule is C=CCc1ccc(-c2ccc(-c3cnc(/C=C/CCCC(C)OCCCCC)nc3)cc2)c(F)c1. The highest BCUT2D eigenvalue weighted by atomic mass is 19.1. The highest BCUT2D eigenvalue weighted by molar-refractivity contribution is 5.70. The number of halogens is 1. The zero-order valence-electron chi connectivity index (χ0n) is 21.1. The molecule has 35 heavy (non-hydrogen) atoms. The molecule has 3 rings (SSSR count). The lowest BCUT2D eigenvalue weighted by molar-refractivity contribution is 0.0566. The average molecular weight is 473 g/mol. The van der Waals surface area contributed by atoms with E-state index in [1.807, 2.05) is 54.9 Å². The Morgan fingerprint density at radius 1 is 0.971 bits per heavy atom. The first-order valence-corrected chi connectivity index (χ1v) is 12.7. The van der Waals surface area contributed by atoms with E-state index in [0.717, 1.165) is 54.5 Å². The predicted molar refractivity (Wildman–Crippen MR) is 145 cm³/mol. The van der Waals surface area contributed by atoms with E-state index >= 15 is 0 Å². The van der Waals surface area contributed by atoms with Gasteiger partial charge in [0.2, 0.25) is 0 Å². The van der Waals surface area contributed by atoms with E-state index in [2.05, 4.69) is 36.5 Å². The van der Waals surface area contributed by atoms with Gasteiger partial charge in [-0.25, -0.2) is 14.4 Å². The van der Waals surface area contributed by atoms with E-state index < -0.39 is 0 Å². The van der Waals surface area contributed by atoms with Gasteiger partial charge in [0.25, 0.3) is 0 Å². The van der Waals surface area contributed by atoms with Gasteiger partial charge < -0.3 is 4.74 Å². The number of aromatic nitrogens is 2. The smallest absolute Gasteiger partial charge is 0.151 e. The van der Waals surface area contributed by atoms with Crippen molar-refractivity contribution in [2.24, 2.45) is 0 Å². The van der Waals surface area contributed by atoms with Gasteiger partial charge in [-0.2, -0.15) is 0 Å². The molecule has 0 radical (unpaired) electrons. The molecular formula is C31H37FN2O. The van der Waals surface area contributed by atoms with E-state index in [4.69, 9.17) is 4.74 Å². The van der Waals surface area contributed by atoms with Crippen LogP contribution in [0, 0.1) is 5.82 Å². The highest BCUT2D eigenvalue weighted by Crippen LogP contribution is 2.27. The van der Waals surface area contributed by atoms with Crippen LogP contribution in [0.1, 0.15) is 63.8 Å². The Balaban J connectivity index is 1.49. The lowest BCUT2D eigenvalue weighted by Gasteiger charge is -2.11. The zero-order chi connectivity index (χ0) is 24.9. The summed E-state index contributed by atoms with van der Waals surface area (Å²) in [5.74, 6) is 0.487. The third kappa shape index (κ3) is 8.56. The number of rotatable bonds is 14. The summed E-state index contributed by atoms with van der Waals surface area (Å²) in [4.78, 5) is 8.95. The summed E-state index contributed by atoms with van der Waals surface area (Å²) in [7, 11) is 0. The molecule has 0 fully saturated rings. The highest BCUT2D eigenvalue weighted by Gasteiger charge is 2.07. The van der Waals surface area contributed by atoms with Crippen LogP contribution in [0.15, 0.2) is 73.6 Å². The first kappa shape index (κ1) is 26.5. The normalized spacial score (nSPS) is 12.2. The van der Waals surface area contributed by atoms with Crippen molar-refractivity contribution >= 4 is 6.08 Å². The number of ether oxygens (including phenoxy) is 1. The molecule has 1 heterocycles. The largest absolute Gasteiger partial charge is 0.379 e. The van der Waals surface area contributed by atoms with Crippen molar-refractivity contribution in [1.82, 2.24) is 9.97 Å². The van der Waals surface area contributed by atoms with Crippen molar-refractivity contribution in [1.29, 1.82) is 0 Å².